The zero-order chi connectivity index (χ0) is 24.5. The first kappa shape index (κ1) is 29.4. The maximum Gasteiger partial charge on any atom is 0.338 e. The maximum absolute atomic E-state index is 12.3. The lowest BCUT2D eigenvalue weighted by molar-refractivity contribution is -0.148. The molecular weight excluding hydrogens is 471 g/mol. The Bertz CT molecular complexity index is 979. The van der Waals surface area contributed by atoms with E-state index in [1.54, 1.807) is 6.08 Å². The smallest absolute Gasteiger partial charge is 0.338 e. The second-order valence-electron chi connectivity index (χ2n) is 9.12. The van der Waals surface area contributed by atoms with Crippen molar-refractivity contribution in [2.24, 2.45) is 5.41 Å². The number of benzene rings is 2. The molecule has 2 rings (SSSR count). The summed E-state index contributed by atoms with van der Waals surface area (Å²) in [6.07, 6.45) is 3.63. The van der Waals surface area contributed by atoms with E-state index < -0.39 is 17.1 Å². The quantitative estimate of drug-likeness (QED) is 0.154. The molecule has 0 radical (unpaired) electrons. The molecule has 34 heavy (non-hydrogen) atoms. The second kappa shape index (κ2) is 13.3. The summed E-state index contributed by atoms with van der Waals surface area (Å²) in [7, 11) is 2.55. The molecule has 0 aliphatic carbocycles. The van der Waals surface area contributed by atoms with E-state index in [-0.39, 0.29) is 38.1 Å². The number of rotatable bonds is 9. The molecule has 2 atom stereocenters. The van der Waals surface area contributed by atoms with Crippen LogP contribution in [0.3, 0.4) is 0 Å². The van der Waals surface area contributed by atoms with Gasteiger partial charge in [0.2, 0.25) is 0 Å². The first-order valence-corrected chi connectivity index (χ1v) is 11.2. The molecule has 0 saturated carbocycles. The summed E-state index contributed by atoms with van der Waals surface area (Å²) < 4.78 is 15.6. The van der Waals surface area contributed by atoms with Crippen LogP contribution in [0.15, 0.2) is 60.7 Å². The van der Waals surface area contributed by atoms with Crippen LogP contribution in [0.5, 0.6) is 5.75 Å². The lowest BCUT2D eigenvalue weighted by atomic mass is 9.85. The third-order valence-electron chi connectivity index (χ3n) is 4.43. The summed E-state index contributed by atoms with van der Waals surface area (Å²) >= 11 is 0. The van der Waals surface area contributed by atoms with Crippen molar-refractivity contribution in [2.45, 2.75) is 39.3 Å². The fourth-order valence-electron chi connectivity index (χ4n) is 3.23. The summed E-state index contributed by atoms with van der Waals surface area (Å²) in [6, 6.07) is 15.4. The first-order chi connectivity index (χ1) is 15.5. The van der Waals surface area contributed by atoms with Crippen molar-refractivity contribution in [1.29, 1.82) is 0 Å². The van der Waals surface area contributed by atoms with Crippen molar-refractivity contribution in [2.75, 3.05) is 13.2 Å². The number of esters is 3. The number of ether oxygens (including phenoxy) is 3. The Morgan fingerprint density at radius 1 is 0.882 bits per heavy atom. The van der Waals surface area contributed by atoms with E-state index in [1.165, 1.54) is 30.3 Å². The molecule has 0 spiro atoms. The van der Waals surface area contributed by atoms with Crippen LogP contribution in [0.1, 0.15) is 50.0 Å². The Hall–Kier alpha value is -2.63. The van der Waals surface area contributed by atoms with Gasteiger partial charge >= 0.3 is 17.9 Å². The standard InChI is InChI=1S/C26H31O6P.H2S/c1-25(2,3)18-26(4,33)24(29)31-17-16-30-23(28)20-11-13-21(14-12-20)32-22(27)15-10-19-8-6-5-7-9-19;/h5-15H,16-18,33H2,1-4H3;1H2/b15-10+;. The van der Waals surface area contributed by atoms with Gasteiger partial charge in [-0.2, -0.15) is 13.5 Å². The molecule has 0 fully saturated rings. The molecule has 2 aromatic carbocycles. The third-order valence-corrected chi connectivity index (χ3v) is 4.87. The Labute approximate surface area is 210 Å². The number of hydrogen-bond acceptors (Lipinski definition) is 6. The molecule has 2 unspecified atom stereocenters. The molecule has 8 heteroatoms. The fourth-order valence-corrected chi connectivity index (χ4v) is 3.92. The predicted octanol–water partition coefficient (Wildman–Crippen LogP) is 5.19. The monoisotopic (exact) mass is 504 g/mol. The highest BCUT2D eigenvalue weighted by Gasteiger charge is 2.34. The fraction of sp³-hybridized carbons (Fsp3) is 0.346. The molecule has 0 aromatic heterocycles. The first-order valence-electron chi connectivity index (χ1n) is 10.6. The SMILES string of the molecule is CC(C)(C)CC(C)(P)C(=O)OCCOC(=O)c1ccc(OC(=O)/C=C/c2ccccc2)cc1.S. The minimum atomic E-state index is -0.703. The van der Waals surface area contributed by atoms with Crippen molar-refractivity contribution < 1.29 is 28.6 Å². The van der Waals surface area contributed by atoms with Gasteiger partial charge in [-0.15, -0.1) is 9.24 Å². The Morgan fingerprint density at radius 3 is 2.06 bits per heavy atom. The van der Waals surface area contributed by atoms with Gasteiger partial charge in [-0.3, -0.25) is 4.79 Å². The topological polar surface area (TPSA) is 78.9 Å². The summed E-state index contributed by atoms with van der Waals surface area (Å²) in [4.78, 5) is 36.4. The van der Waals surface area contributed by atoms with Gasteiger partial charge in [-0.25, -0.2) is 9.59 Å². The summed E-state index contributed by atoms with van der Waals surface area (Å²) in [5.74, 6) is -1.13. The minimum Gasteiger partial charge on any atom is -0.461 e. The minimum absolute atomic E-state index is 0. The highest BCUT2D eigenvalue weighted by Crippen LogP contribution is 2.34. The number of carbonyl (C=O) groups is 3. The average molecular weight is 505 g/mol. The van der Waals surface area contributed by atoms with Crippen LogP contribution in [0.4, 0.5) is 0 Å². The van der Waals surface area contributed by atoms with Crippen molar-refractivity contribution in [1.82, 2.24) is 0 Å². The number of hydrogen-bond donors (Lipinski definition) is 0. The largest absolute Gasteiger partial charge is 0.461 e. The van der Waals surface area contributed by atoms with Crippen LogP contribution in [0.25, 0.3) is 6.08 Å². The van der Waals surface area contributed by atoms with E-state index >= 15 is 0 Å². The summed E-state index contributed by atoms with van der Waals surface area (Å²) in [5.41, 5.74) is 1.15. The molecule has 0 aliphatic heterocycles. The molecule has 0 amide bonds. The van der Waals surface area contributed by atoms with Gasteiger partial charge in [0.25, 0.3) is 0 Å². The second-order valence-corrected chi connectivity index (χ2v) is 10.4. The van der Waals surface area contributed by atoms with Gasteiger partial charge in [-0.1, -0.05) is 51.1 Å². The highest BCUT2D eigenvalue weighted by molar-refractivity contribution is 7.59. The Balaban J connectivity index is 0.00000578. The Morgan fingerprint density at radius 2 is 1.47 bits per heavy atom. The predicted molar refractivity (Wildman–Crippen MR) is 141 cm³/mol. The summed E-state index contributed by atoms with van der Waals surface area (Å²) in [5, 5.41) is -0.703. The normalized spacial score (nSPS) is 12.9. The maximum atomic E-state index is 12.3. The van der Waals surface area contributed by atoms with Crippen LogP contribution in [0, 0.1) is 5.41 Å². The van der Waals surface area contributed by atoms with Crippen molar-refractivity contribution in [3.8, 4) is 5.75 Å². The van der Waals surface area contributed by atoms with Gasteiger partial charge in [0.1, 0.15) is 19.0 Å². The van der Waals surface area contributed by atoms with Crippen molar-refractivity contribution in [3.63, 3.8) is 0 Å². The van der Waals surface area contributed by atoms with Crippen molar-refractivity contribution >= 4 is 46.7 Å². The van der Waals surface area contributed by atoms with Gasteiger partial charge in [0.15, 0.2) is 0 Å². The molecule has 0 bridgehead atoms. The lowest BCUT2D eigenvalue weighted by Crippen LogP contribution is -2.35. The van der Waals surface area contributed by atoms with Gasteiger partial charge in [0, 0.05) is 6.08 Å². The van der Waals surface area contributed by atoms with Crippen LogP contribution in [0.2, 0.25) is 0 Å². The van der Waals surface area contributed by atoms with Gasteiger partial charge < -0.3 is 14.2 Å². The highest BCUT2D eigenvalue weighted by atomic mass is 32.1. The molecule has 184 valence electrons. The van der Waals surface area contributed by atoms with E-state index in [0.29, 0.717) is 17.7 Å². The lowest BCUT2D eigenvalue weighted by Gasteiger charge is -2.30. The average Bonchev–Trinajstić information content (AvgIpc) is 2.74. The zero-order valence-corrected chi connectivity index (χ0v) is 22.2. The molecule has 0 aliphatic rings. The summed E-state index contributed by atoms with van der Waals surface area (Å²) in [6.45, 7) is 7.89. The van der Waals surface area contributed by atoms with Crippen LogP contribution in [-0.4, -0.2) is 36.3 Å². The molecular formula is C26H33O6PS. The van der Waals surface area contributed by atoms with Crippen molar-refractivity contribution in [3.05, 3.63) is 71.8 Å². The molecule has 0 heterocycles. The number of carbonyl (C=O) groups excluding carboxylic acids is 3. The van der Waals surface area contributed by atoms with Crippen LogP contribution >= 0.6 is 22.7 Å². The van der Waals surface area contributed by atoms with E-state index in [9.17, 15) is 14.4 Å². The third kappa shape index (κ3) is 10.5. The van der Waals surface area contributed by atoms with Crippen LogP contribution < -0.4 is 4.74 Å². The van der Waals surface area contributed by atoms with Crippen LogP contribution in [-0.2, 0) is 19.1 Å². The van der Waals surface area contributed by atoms with E-state index in [4.69, 9.17) is 14.2 Å². The van der Waals surface area contributed by atoms with Gasteiger partial charge in [-0.05, 0) is 54.7 Å². The molecule has 2 aromatic rings. The molecule has 6 nitrogen and oxygen atoms in total. The van der Waals surface area contributed by atoms with E-state index in [0.717, 1.165) is 5.56 Å². The van der Waals surface area contributed by atoms with E-state index in [2.05, 4.69) is 30.0 Å². The van der Waals surface area contributed by atoms with Gasteiger partial charge in [0.05, 0.1) is 10.7 Å². The molecule has 0 saturated heterocycles. The van der Waals surface area contributed by atoms with E-state index in [1.807, 2.05) is 37.3 Å². The zero-order valence-electron chi connectivity index (χ0n) is 20.0. The Kier molecular flexibility index (Phi) is 11.5. The molecule has 0 N–H and O–H groups in total.